The Morgan fingerprint density at radius 2 is 2.37 bits per heavy atom. The number of thioether (sulfide) groups is 2. The van der Waals surface area contributed by atoms with Crippen LogP contribution < -0.4 is 5.32 Å². The molecule has 0 aliphatic carbocycles. The number of hydrogen-bond acceptors (Lipinski definition) is 4. The Bertz CT molecular complexity index is 269. The van der Waals surface area contributed by atoms with Crippen LogP contribution in [-0.4, -0.2) is 47.8 Å². The van der Waals surface area contributed by atoms with Gasteiger partial charge in [-0.3, -0.25) is 0 Å². The molecule has 2 rings (SSSR count). The molecule has 2 saturated heterocycles. The van der Waals surface area contributed by atoms with Crippen molar-refractivity contribution in [2.24, 2.45) is 5.92 Å². The topological polar surface area (TPSA) is 21.3 Å². The van der Waals surface area contributed by atoms with Crippen molar-refractivity contribution >= 4 is 23.5 Å². The average Bonchev–Trinajstić information content (AvgIpc) is 2.87. The molecule has 4 atom stereocenters. The average molecular weight is 304 g/mol. The Morgan fingerprint density at radius 3 is 3.00 bits per heavy atom. The van der Waals surface area contributed by atoms with Crippen LogP contribution in [0.4, 0.5) is 0 Å². The first-order valence-corrected chi connectivity index (χ1v) is 9.90. The van der Waals surface area contributed by atoms with Crippen LogP contribution >= 0.6 is 23.5 Å². The Hall–Kier alpha value is 0.620. The SMILES string of the molecule is CCC(C)SCC(NC)C1CCOC2(CCSC2)C1. The fourth-order valence-electron chi connectivity index (χ4n) is 3.11. The van der Waals surface area contributed by atoms with E-state index in [0.29, 0.717) is 6.04 Å². The third-order valence-corrected chi connectivity index (χ3v) is 7.35. The molecule has 0 aromatic heterocycles. The Balaban J connectivity index is 1.87. The normalized spacial score (nSPS) is 34.6. The molecular formula is C15H29NOS2. The zero-order valence-corrected chi connectivity index (χ0v) is 14.2. The second-order valence-electron chi connectivity index (χ2n) is 6.03. The number of nitrogens with one attached hydrogen (secondary N) is 1. The van der Waals surface area contributed by atoms with Gasteiger partial charge in [-0.05, 0) is 44.4 Å². The van der Waals surface area contributed by atoms with Gasteiger partial charge in [-0.2, -0.15) is 23.5 Å². The summed E-state index contributed by atoms with van der Waals surface area (Å²) < 4.78 is 6.14. The lowest BCUT2D eigenvalue weighted by Gasteiger charge is -2.41. The first-order chi connectivity index (χ1) is 9.19. The van der Waals surface area contributed by atoms with E-state index < -0.39 is 0 Å². The van der Waals surface area contributed by atoms with Crippen LogP contribution in [0.15, 0.2) is 0 Å². The van der Waals surface area contributed by atoms with Crippen LogP contribution in [0.2, 0.25) is 0 Å². The molecule has 112 valence electrons. The van der Waals surface area contributed by atoms with Crippen LogP contribution in [-0.2, 0) is 4.74 Å². The molecule has 1 spiro atoms. The molecule has 2 aliphatic heterocycles. The first kappa shape index (κ1) is 16.0. The summed E-state index contributed by atoms with van der Waals surface area (Å²) in [6.07, 6.45) is 5.05. The second-order valence-corrected chi connectivity index (χ2v) is 8.61. The van der Waals surface area contributed by atoms with Crippen molar-refractivity contribution in [1.29, 1.82) is 0 Å². The summed E-state index contributed by atoms with van der Waals surface area (Å²) in [6, 6.07) is 0.658. The summed E-state index contributed by atoms with van der Waals surface area (Å²) in [7, 11) is 2.13. The Labute approximate surface area is 127 Å². The fraction of sp³-hybridized carbons (Fsp3) is 1.00. The highest BCUT2D eigenvalue weighted by molar-refractivity contribution is 8.00. The van der Waals surface area contributed by atoms with Crippen molar-refractivity contribution in [3.63, 3.8) is 0 Å². The summed E-state index contributed by atoms with van der Waals surface area (Å²) in [5, 5.41) is 4.36. The van der Waals surface area contributed by atoms with Gasteiger partial charge in [0.1, 0.15) is 0 Å². The van der Waals surface area contributed by atoms with Crippen molar-refractivity contribution in [2.75, 3.05) is 30.9 Å². The lowest BCUT2D eigenvalue weighted by Crippen LogP contribution is -2.47. The third kappa shape index (κ3) is 4.29. The maximum atomic E-state index is 6.14. The molecular weight excluding hydrogens is 274 g/mol. The molecule has 4 unspecified atom stereocenters. The van der Waals surface area contributed by atoms with Crippen molar-refractivity contribution in [3.05, 3.63) is 0 Å². The van der Waals surface area contributed by atoms with Crippen molar-refractivity contribution in [1.82, 2.24) is 5.32 Å². The molecule has 4 heteroatoms. The highest BCUT2D eigenvalue weighted by Crippen LogP contribution is 2.41. The van der Waals surface area contributed by atoms with E-state index in [-0.39, 0.29) is 5.60 Å². The Morgan fingerprint density at radius 1 is 1.53 bits per heavy atom. The molecule has 2 fully saturated rings. The molecule has 1 N–H and O–H groups in total. The van der Waals surface area contributed by atoms with E-state index in [4.69, 9.17) is 4.74 Å². The van der Waals surface area contributed by atoms with Gasteiger partial charge >= 0.3 is 0 Å². The zero-order chi connectivity index (χ0) is 13.7. The minimum atomic E-state index is 0.226. The van der Waals surface area contributed by atoms with Gasteiger partial charge in [0.2, 0.25) is 0 Å². The summed E-state index contributed by atoms with van der Waals surface area (Å²) in [5.74, 6) is 4.56. The summed E-state index contributed by atoms with van der Waals surface area (Å²) in [6.45, 7) is 5.60. The summed E-state index contributed by atoms with van der Waals surface area (Å²) in [5.41, 5.74) is 0.226. The summed E-state index contributed by atoms with van der Waals surface area (Å²) in [4.78, 5) is 0. The van der Waals surface area contributed by atoms with Gasteiger partial charge in [-0.15, -0.1) is 0 Å². The minimum Gasteiger partial charge on any atom is -0.374 e. The fourth-order valence-corrected chi connectivity index (χ4v) is 5.70. The molecule has 0 bridgehead atoms. The molecule has 0 amide bonds. The van der Waals surface area contributed by atoms with E-state index in [1.54, 1.807) is 0 Å². The van der Waals surface area contributed by atoms with E-state index in [1.165, 1.54) is 42.9 Å². The van der Waals surface area contributed by atoms with Crippen LogP contribution in [0.5, 0.6) is 0 Å². The third-order valence-electron chi connectivity index (χ3n) is 4.67. The van der Waals surface area contributed by atoms with Gasteiger partial charge in [-0.1, -0.05) is 13.8 Å². The second kappa shape index (κ2) is 7.58. The standard InChI is InChI=1S/C15H29NOS2/c1-4-12(2)19-10-14(16-3)13-5-7-17-15(9-13)6-8-18-11-15/h12-14,16H,4-11H2,1-3H3. The molecule has 19 heavy (non-hydrogen) atoms. The van der Waals surface area contributed by atoms with Gasteiger partial charge in [0.15, 0.2) is 0 Å². The summed E-state index contributed by atoms with van der Waals surface area (Å²) >= 11 is 4.20. The predicted octanol–water partition coefficient (Wildman–Crippen LogP) is 3.41. The Kier molecular flexibility index (Phi) is 6.38. The lowest BCUT2D eigenvalue weighted by atomic mass is 9.82. The monoisotopic (exact) mass is 303 g/mol. The van der Waals surface area contributed by atoms with Gasteiger partial charge in [-0.25, -0.2) is 0 Å². The number of ether oxygens (including phenoxy) is 1. The van der Waals surface area contributed by atoms with Gasteiger partial charge in [0.25, 0.3) is 0 Å². The van der Waals surface area contributed by atoms with Crippen LogP contribution in [0.1, 0.15) is 39.5 Å². The highest BCUT2D eigenvalue weighted by Gasteiger charge is 2.42. The number of rotatable bonds is 6. The number of hydrogen-bond donors (Lipinski definition) is 1. The molecule has 2 heterocycles. The highest BCUT2D eigenvalue weighted by atomic mass is 32.2. The molecule has 2 nitrogen and oxygen atoms in total. The van der Waals surface area contributed by atoms with Crippen molar-refractivity contribution in [2.45, 2.75) is 56.4 Å². The first-order valence-electron chi connectivity index (χ1n) is 7.69. The zero-order valence-electron chi connectivity index (χ0n) is 12.6. The van der Waals surface area contributed by atoms with E-state index in [9.17, 15) is 0 Å². The smallest absolute Gasteiger partial charge is 0.0783 e. The van der Waals surface area contributed by atoms with E-state index in [0.717, 1.165) is 17.8 Å². The van der Waals surface area contributed by atoms with Crippen LogP contribution in [0, 0.1) is 5.92 Å². The minimum absolute atomic E-state index is 0.226. The van der Waals surface area contributed by atoms with E-state index in [1.807, 2.05) is 0 Å². The molecule has 0 aromatic carbocycles. The lowest BCUT2D eigenvalue weighted by molar-refractivity contribution is -0.0835. The van der Waals surface area contributed by atoms with Crippen LogP contribution in [0.3, 0.4) is 0 Å². The predicted molar refractivity (Wildman–Crippen MR) is 88.4 cm³/mol. The van der Waals surface area contributed by atoms with E-state index in [2.05, 4.69) is 49.7 Å². The van der Waals surface area contributed by atoms with E-state index >= 15 is 0 Å². The van der Waals surface area contributed by atoms with Gasteiger partial charge < -0.3 is 10.1 Å². The molecule has 2 aliphatic rings. The van der Waals surface area contributed by atoms with Crippen LogP contribution in [0.25, 0.3) is 0 Å². The molecule has 0 aromatic rings. The largest absolute Gasteiger partial charge is 0.374 e. The van der Waals surface area contributed by atoms with Gasteiger partial charge in [0, 0.05) is 29.4 Å². The van der Waals surface area contributed by atoms with Crippen molar-refractivity contribution < 1.29 is 4.74 Å². The maximum absolute atomic E-state index is 6.14. The van der Waals surface area contributed by atoms with Gasteiger partial charge in [0.05, 0.1) is 5.60 Å². The molecule has 0 saturated carbocycles. The molecule has 0 radical (unpaired) electrons. The van der Waals surface area contributed by atoms with Crippen molar-refractivity contribution in [3.8, 4) is 0 Å². The quantitative estimate of drug-likeness (QED) is 0.811. The maximum Gasteiger partial charge on any atom is 0.0783 e.